The maximum Gasteiger partial charge on any atom is 0.128 e. The summed E-state index contributed by atoms with van der Waals surface area (Å²) in [7, 11) is 1.93. The number of imidazole rings is 1. The van der Waals surface area contributed by atoms with Crippen LogP contribution in [0.4, 0.5) is 0 Å². The highest BCUT2D eigenvalue weighted by Crippen LogP contribution is 2.13. The molecule has 0 saturated carbocycles. The molecule has 3 nitrogen and oxygen atoms in total. The van der Waals surface area contributed by atoms with Crippen molar-refractivity contribution < 1.29 is 0 Å². The molecule has 1 aromatic heterocycles. The normalized spacial score (nSPS) is 10.9. The number of halogens is 1. The van der Waals surface area contributed by atoms with Crippen LogP contribution >= 0.6 is 11.6 Å². The average molecular weight is 276 g/mol. The van der Waals surface area contributed by atoms with Gasteiger partial charge >= 0.3 is 0 Å². The van der Waals surface area contributed by atoms with E-state index in [-0.39, 0.29) is 0 Å². The second-order valence-corrected chi connectivity index (χ2v) is 4.89. The Hall–Kier alpha value is -1.58. The van der Waals surface area contributed by atoms with Gasteiger partial charge in [-0.15, -0.1) is 6.58 Å². The van der Waals surface area contributed by atoms with E-state index in [4.69, 9.17) is 11.6 Å². The molecule has 19 heavy (non-hydrogen) atoms. The van der Waals surface area contributed by atoms with E-state index < -0.39 is 0 Å². The molecule has 0 fully saturated rings. The molecule has 0 atom stereocenters. The van der Waals surface area contributed by atoms with Crippen LogP contribution < -0.4 is 0 Å². The summed E-state index contributed by atoms with van der Waals surface area (Å²) in [6.07, 6.45) is 3.60. The summed E-state index contributed by atoms with van der Waals surface area (Å²) in [5.41, 5.74) is 1.28. The molecule has 0 amide bonds. The van der Waals surface area contributed by atoms with Gasteiger partial charge in [0.1, 0.15) is 11.0 Å². The molecule has 0 radical (unpaired) electrons. The van der Waals surface area contributed by atoms with Crippen LogP contribution in [0, 0.1) is 0 Å². The van der Waals surface area contributed by atoms with E-state index in [0.29, 0.717) is 5.15 Å². The Bertz CT molecular complexity index is 534. The minimum absolute atomic E-state index is 0.660. The van der Waals surface area contributed by atoms with Gasteiger partial charge < -0.3 is 4.57 Å². The van der Waals surface area contributed by atoms with Gasteiger partial charge in [0.15, 0.2) is 0 Å². The summed E-state index contributed by atoms with van der Waals surface area (Å²) in [4.78, 5) is 6.61. The Labute approximate surface area is 119 Å². The van der Waals surface area contributed by atoms with Crippen LogP contribution in [0.1, 0.15) is 11.4 Å². The van der Waals surface area contributed by atoms with Crippen LogP contribution in [0.5, 0.6) is 0 Å². The summed E-state index contributed by atoms with van der Waals surface area (Å²) in [5.74, 6) is 0.961. The second kappa shape index (κ2) is 6.55. The van der Waals surface area contributed by atoms with Crippen molar-refractivity contribution in [3.8, 4) is 0 Å². The lowest BCUT2D eigenvalue weighted by atomic mass is 10.2. The number of hydrogen-bond acceptors (Lipinski definition) is 2. The third-order valence-corrected chi connectivity index (χ3v) is 3.38. The fraction of sp³-hybridized carbons (Fsp3) is 0.267. The van der Waals surface area contributed by atoms with E-state index in [9.17, 15) is 0 Å². The number of rotatable bonds is 6. The monoisotopic (exact) mass is 275 g/mol. The average Bonchev–Trinajstić information content (AvgIpc) is 2.72. The topological polar surface area (TPSA) is 21.1 Å². The maximum atomic E-state index is 6.01. The zero-order valence-corrected chi connectivity index (χ0v) is 11.8. The number of benzene rings is 1. The molecule has 0 saturated heterocycles. The van der Waals surface area contributed by atoms with Crippen molar-refractivity contribution in [2.24, 2.45) is 7.05 Å². The van der Waals surface area contributed by atoms with Gasteiger partial charge in [0.2, 0.25) is 0 Å². The van der Waals surface area contributed by atoms with Crippen LogP contribution in [-0.2, 0) is 20.1 Å². The van der Waals surface area contributed by atoms with E-state index in [0.717, 1.165) is 25.5 Å². The SMILES string of the molecule is C=CCN(Cc1ccccc1)Cc1ncc(Cl)n1C. The molecule has 100 valence electrons. The van der Waals surface area contributed by atoms with Gasteiger partial charge in [-0.25, -0.2) is 4.98 Å². The molecule has 0 aliphatic heterocycles. The minimum Gasteiger partial charge on any atom is -0.321 e. The van der Waals surface area contributed by atoms with Crippen molar-refractivity contribution in [2.45, 2.75) is 13.1 Å². The minimum atomic E-state index is 0.660. The van der Waals surface area contributed by atoms with E-state index in [1.165, 1.54) is 5.56 Å². The third kappa shape index (κ3) is 3.69. The first-order chi connectivity index (χ1) is 9.20. The van der Waals surface area contributed by atoms with Crippen molar-refractivity contribution in [2.75, 3.05) is 6.54 Å². The Balaban J connectivity index is 2.08. The fourth-order valence-corrected chi connectivity index (χ4v) is 2.13. The van der Waals surface area contributed by atoms with Crippen molar-refractivity contribution in [1.29, 1.82) is 0 Å². The van der Waals surface area contributed by atoms with Crippen LogP contribution in [0.2, 0.25) is 5.15 Å². The first-order valence-corrected chi connectivity index (χ1v) is 6.61. The summed E-state index contributed by atoms with van der Waals surface area (Å²) in [6, 6.07) is 10.4. The van der Waals surface area contributed by atoms with Gasteiger partial charge in [-0.1, -0.05) is 48.0 Å². The van der Waals surface area contributed by atoms with Crippen LogP contribution in [-0.4, -0.2) is 21.0 Å². The number of nitrogens with zero attached hydrogens (tertiary/aromatic N) is 3. The molecule has 2 aromatic rings. The predicted molar refractivity (Wildman–Crippen MR) is 79.0 cm³/mol. The molecule has 1 aromatic carbocycles. The summed E-state index contributed by atoms with van der Waals surface area (Å²) in [6.45, 7) is 6.26. The highest BCUT2D eigenvalue weighted by Gasteiger charge is 2.10. The van der Waals surface area contributed by atoms with Gasteiger partial charge in [0, 0.05) is 20.1 Å². The Morgan fingerprint density at radius 3 is 2.63 bits per heavy atom. The summed E-state index contributed by atoms with van der Waals surface area (Å²) in [5, 5.41) is 0.660. The molecule has 0 bridgehead atoms. The van der Waals surface area contributed by atoms with Gasteiger partial charge in [-0.05, 0) is 5.56 Å². The summed E-state index contributed by atoms with van der Waals surface area (Å²) < 4.78 is 1.91. The standard InChI is InChI=1S/C15H18ClN3/c1-3-9-19(11-13-7-5-4-6-8-13)12-15-17-10-14(16)18(15)2/h3-8,10H,1,9,11-12H2,2H3. The maximum absolute atomic E-state index is 6.01. The van der Waals surface area contributed by atoms with E-state index >= 15 is 0 Å². The van der Waals surface area contributed by atoms with Gasteiger partial charge in [0.05, 0.1) is 12.7 Å². The van der Waals surface area contributed by atoms with Gasteiger partial charge in [0.25, 0.3) is 0 Å². The lowest BCUT2D eigenvalue weighted by Crippen LogP contribution is -2.24. The van der Waals surface area contributed by atoms with Crippen molar-refractivity contribution in [1.82, 2.24) is 14.5 Å². The van der Waals surface area contributed by atoms with E-state index in [2.05, 4.69) is 40.7 Å². The molecule has 4 heteroatoms. The van der Waals surface area contributed by atoms with Crippen LogP contribution in [0.3, 0.4) is 0 Å². The van der Waals surface area contributed by atoms with E-state index in [1.807, 2.05) is 23.8 Å². The lowest BCUT2D eigenvalue weighted by Gasteiger charge is -2.20. The smallest absolute Gasteiger partial charge is 0.128 e. The predicted octanol–water partition coefficient (Wildman–Crippen LogP) is 3.26. The zero-order valence-electron chi connectivity index (χ0n) is 11.1. The molecule has 0 spiro atoms. The quantitative estimate of drug-likeness (QED) is 0.755. The van der Waals surface area contributed by atoms with Gasteiger partial charge in [-0.3, -0.25) is 4.90 Å². The second-order valence-electron chi connectivity index (χ2n) is 4.50. The largest absolute Gasteiger partial charge is 0.321 e. The zero-order chi connectivity index (χ0) is 13.7. The first kappa shape index (κ1) is 13.8. The lowest BCUT2D eigenvalue weighted by molar-refractivity contribution is 0.276. The van der Waals surface area contributed by atoms with Crippen molar-refractivity contribution in [3.05, 3.63) is 65.7 Å². The number of aromatic nitrogens is 2. The molecule has 0 unspecified atom stereocenters. The summed E-state index contributed by atoms with van der Waals surface area (Å²) >= 11 is 6.01. The van der Waals surface area contributed by atoms with Crippen LogP contribution in [0.15, 0.2) is 49.2 Å². The molecule has 1 heterocycles. The highest BCUT2D eigenvalue weighted by molar-refractivity contribution is 6.29. The molecule has 2 rings (SSSR count). The molecule has 0 N–H and O–H groups in total. The van der Waals surface area contributed by atoms with E-state index in [1.54, 1.807) is 6.20 Å². The first-order valence-electron chi connectivity index (χ1n) is 6.24. The number of hydrogen-bond donors (Lipinski definition) is 0. The third-order valence-electron chi connectivity index (χ3n) is 3.03. The fourth-order valence-electron chi connectivity index (χ4n) is 1.98. The molecular formula is C15H18ClN3. The Morgan fingerprint density at radius 2 is 2.05 bits per heavy atom. The Kier molecular flexibility index (Phi) is 4.77. The highest BCUT2D eigenvalue weighted by atomic mass is 35.5. The molecule has 0 aliphatic carbocycles. The molecule has 0 aliphatic rings. The van der Waals surface area contributed by atoms with Crippen molar-refractivity contribution >= 4 is 11.6 Å². The Morgan fingerprint density at radius 1 is 1.32 bits per heavy atom. The van der Waals surface area contributed by atoms with Crippen molar-refractivity contribution in [3.63, 3.8) is 0 Å². The van der Waals surface area contributed by atoms with Crippen LogP contribution in [0.25, 0.3) is 0 Å². The van der Waals surface area contributed by atoms with Gasteiger partial charge in [-0.2, -0.15) is 0 Å². The molecular weight excluding hydrogens is 258 g/mol.